The van der Waals surface area contributed by atoms with Crippen LogP contribution in [-0.2, 0) is 10.1 Å². The first kappa shape index (κ1) is 12.9. The topological polar surface area (TPSA) is 61.6 Å². The van der Waals surface area contributed by atoms with Crippen molar-refractivity contribution in [2.45, 2.75) is 19.8 Å². The molecule has 0 unspecified atom stereocenters. The molecule has 1 N–H and O–H groups in total. The van der Waals surface area contributed by atoms with Gasteiger partial charge in [-0.05, 0) is 18.8 Å². The lowest BCUT2D eigenvalue weighted by molar-refractivity contribution is -0.885. The van der Waals surface area contributed by atoms with Gasteiger partial charge in [0.15, 0.2) is 0 Å². The fourth-order valence-electron chi connectivity index (χ4n) is 1.25. The lowest BCUT2D eigenvalue weighted by atomic mass is 10.00. The Balaban J connectivity index is 0.000000252. The average molecular weight is 209 g/mol. The van der Waals surface area contributed by atoms with E-state index in [0.717, 1.165) is 5.92 Å². The smallest absolute Gasteiger partial charge is 0.0916 e. The van der Waals surface area contributed by atoms with Crippen LogP contribution < -0.4 is 4.90 Å². The zero-order valence-electron chi connectivity index (χ0n) is 8.54. The van der Waals surface area contributed by atoms with E-state index in [2.05, 4.69) is 14.0 Å². The van der Waals surface area contributed by atoms with E-state index in [1.54, 1.807) is 4.90 Å². The Morgan fingerprint density at radius 1 is 1.31 bits per heavy atom. The summed E-state index contributed by atoms with van der Waals surface area (Å²) in [6.45, 7) is 5.13. The molecule has 0 saturated carbocycles. The number of rotatable bonds is 0. The van der Waals surface area contributed by atoms with E-state index in [1.807, 2.05) is 0 Å². The predicted molar refractivity (Wildman–Crippen MR) is 50.6 cm³/mol. The molecule has 13 heavy (non-hydrogen) atoms. The number of nitrogens with one attached hydrogen (secondary N) is 1. The number of piperidine rings is 1. The number of hydrogen-bond donors (Lipinski definition) is 1. The molecular weight excluding hydrogens is 190 g/mol. The van der Waals surface area contributed by atoms with E-state index in [9.17, 15) is 0 Å². The number of likely N-dealkylation sites (tertiary alicyclic amines) is 1. The Kier molecular flexibility index (Phi) is 5.51. The Morgan fingerprint density at radius 2 is 1.62 bits per heavy atom. The maximum Gasteiger partial charge on any atom is 0.0916 e. The maximum atomic E-state index is 9.08. The van der Waals surface area contributed by atoms with Gasteiger partial charge in [0.05, 0.1) is 30.3 Å². The minimum Gasteiger partial charge on any atom is -0.748 e. The van der Waals surface area contributed by atoms with Gasteiger partial charge in [0.25, 0.3) is 0 Å². The molecule has 80 valence electrons. The molecule has 0 aromatic rings. The third-order valence-corrected chi connectivity index (χ3v) is 2.13. The van der Waals surface area contributed by atoms with Gasteiger partial charge in [-0.3, -0.25) is 0 Å². The van der Waals surface area contributed by atoms with Crippen molar-refractivity contribution in [3.05, 3.63) is 0 Å². The predicted octanol–water partition coefficient (Wildman–Crippen LogP) is -0.908. The molecule has 0 aromatic heterocycles. The molecule has 0 spiro atoms. The third kappa shape index (κ3) is 11.9. The molecule has 1 fully saturated rings. The maximum absolute atomic E-state index is 9.08. The van der Waals surface area contributed by atoms with Crippen LogP contribution in [0.25, 0.3) is 0 Å². The van der Waals surface area contributed by atoms with Crippen LogP contribution >= 0.6 is 0 Å². The van der Waals surface area contributed by atoms with Gasteiger partial charge in [0, 0.05) is 6.26 Å². The van der Waals surface area contributed by atoms with Gasteiger partial charge >= 0.3 is 0 Å². The summed E-state index contributed by atoms with van der Waals surface area (Å²) >= 11 is 0. The van der Waals surface area contributed by atoms with E-state index >= 15 is 0 Å². The number of quaternary nitrogens is 1. The fraction of sp³-hybridized carbons (Fsp3) is 1.00. The lowest BCUT2D eigenvalue weighted by Crippen LogP contribution is -3.10. The minimum atomic E-state index is -3.92. The quantitative estimate of drug-likeness (QED) is 0.526. The molecule has 0 bridgehead atoms. The highest BCUT2D eigenvalue weighted by molar-refractivity contribution is 7.84. The van der Waals surface area contributed by atoms with Gasteiger partial charge in [-0.25, -0.2) is 8.42 Å². The van der Waals surface area contributed by atoms with Crippen molar-refractivity contribution in [1.29, 1.82) is 0 Å². The zero-order valence-corrected chi connectivity index (χ0v) is 9.36. The fourth-order valence-corrected chi connectivity index (χ4v) is 1.25. The SMILES string of the molecule is CC1CC[NH+](C)CC1.CS(=O)(=O)[O-]. The van der Waals surface area contributed by atoms with Gasteiger partial charge < -0.3 is 9.45 Å². The van der Waals surface area contributed by atoms with Crippen molar-refractivity contribution in [2.24, 2.45) is 5.92 Å². The lowest BCUT2D eigenvalue weighted by Gasteiger charge is -2.23. The summed E-state index contributed by atoms with van der Waals surface area (Å²) in [4.78, 5) is 1.71. The van der Waals surface area contributed by atoms with Gasteiger partial charge in [0.1, 0.15) is 0 Å². The third-order valence-electron chi connectivity index (χ3n) is 2.13. The summed E-state index contributed by atoms with van der Waals surface area (Å²) in [6, 6.07) is 0. The molecule has 4 nitrogen and oxygen atoms in total. The van der Waals surface area contributed by atoms with Gasteiger partial charge in [-0.15, -0.1) is 0 Å². The molecule has 0 aromatic carbocycles. The van der Waals surface area contributed by atoms with Crippen molar-refractivity contribution in [1.82, 2.24) is 0 Å². The molecule has 1 saturated heterocycles. The van der Waals surface area contributed by atoms with E-state index < -0.39 is 10.1 Å². The zero-order chi connectivity index (χ0) is 10.5. The first-order valence-corrected chi connectivity index (χ1v) is 6.33. The standard InChI is InChI=1S/C7H15N.CH4O3S/c1-7-3-5-8(2)6-4-7;1-5(2,3)4/h7H,3-6H2,1-2H3;1H3,(H,2,3,4). The highest BCUT2D eigenvalue weighted by Gasteiger charge is 2.13. The molecule has 5 heteroatoms. The molecule has 1 aliphatic heterocycles. The van der Waals surface area contributed by atoms with Crippen LogP contribution in [0.1, 0.15) is 19.8 Å². The van der Waals surface area contributed by atoms with Gasteiger partial charge in [-0.1, -0.05) is 6.92 Å². The summed E-state index contributed by atoms with van der Waals surface area (Å²) in [7, 11) is -1.63. The Bertz CT molecular complexity index is 200. The molecule has 0 radical (unpaired) electrons. The van der Waals surface area contributed by atoms with Crippen LogP contribution in [-0.4, -0.2) is 39.4 Å². The second kappa shape index (κ2) is 5.57. The second-order valence-electron chi connectivity index (χ2n) is 3.84. The van der Waals surface area contributed by atoms with Crippen molar-refractivity contribution >= 4 is 10.1 Å². The first-order chi connectivity index (χ1) is 5.79. The van der Waals surface area contributed by atoms with Crippen molar-refractivity contribution in [3.63, 3.8) is 0 Å². The van der Waals surface area contributed by atoms with Gasteiger partial charge in [0.2, 0.25) is 0 Å². The Hall–Kier alpha value is -0.130. The molecule has 0 atom stereocenters. The van der Waals surface area contributed by atoms with Crippen molar-refractivity contribution in [3.8, 4) is 0 Å². The Morgan fingerprint density at radius 3 is 1.85 bits per heavy atom. The monoisotopic (exact) mass is 209 g/mol. The van der Waals surface area contributed by atoms with Crippen LogP contribution in [0.5, 0.6) is 0 Å². The molecule has 1 heterocycles. The summed E-state index contributed by atoms with van der Waals surface area (Å²) in [6.07, 6.45) is 3.48. The molecule has 0 aliphatic carbocycles. The van der Waals surface area contributed by atoms with E-state index in [-0.39, 0.29) is 0 Å². The summed E-state index contributed by atoms with van der Waals surface area (Å²) in [5.41, 5.74) is 0. The summed E-state index contributed by atoms with van der Waals surface area (Å²) in [5.74, 6) is 0.999. The Labute approximate surface area is 80.7 Å². The van der Waals surface area contributed by atoms with Crippen LogP contribution in [0.15, 0.2) is 0 Å². The largest absolute Gasteiger partial charge is 0.748 e. The van der Waals surface area contributed by atoms with Crippen molar-refractivity contribution < 1.29 is 17.9 Å². The van der Waals surface area contributed by atoms with E-state index in [4.69, 9.17) is 13.0 Å². The molecular formula is C8H19NO3S. The second-order valence-corrected chi connectivity index (χ2v) is 5.25. The average Bonchev–Trinajstić information content (AvgIpc) is 1.92. The van der Waals surface area contributed by atoms with Crippen LogP contribution in [0.4, 0.5) is 0 Å². The van der Waals surface area contributed by atoms with E-state index in [1.165, 1.54) is 25.9 Å². The van der Waals surface area contributed by atoms with Crippen molar-refractivity contribution in [2.75, 3.05) is 26.4 Å². The van der Waals surface area contributed by atoms with Crippen LogP contribution in [0.2, 0.25) is 0 Å². The minimum absolute atomic E-state index is 0.604. The van der Waals surface area contributed by atoms with Crippen LogP contribution in [0, 0.1) is 5.92 Å². The van der Waals surface area contributed by atoms with Gasteiger partial charge in [-0.2, -0.15) is 0 Å². The van der Waals surface area contributed by atoms with E-state index in [0.29, 0.717) is 6.26 Å². The highest BCUT2D eigenvalue weighted by atomic mass is 32.2. The normalized spacial score (nSPS) is 28.9. The molecule has 1 aliphatic rings. The summed E-state index contributed by atoms with van der Waals surface area (Å²) in [5, 5.41) is 0. The van der Waals surface area contributed by atoms with Crippen LogP contribution in [0.3, 0.4) is 0 Å². The summed E-state index contributed by atoms with van der Waals surface area (Å²) < 4.78 is 27.2. The first-order valence-electron chi connectivity index (χ1n) is 4.51. The highest BCUT2D eigenvalue weighted by Crippen LogP contribution is 2.05. The molecule has 0 amide bonds. The number of hydrogen-bond acceptors (Lipinski definition) is 3. The molecule has 1 rings (SSSR count).